The minimum Gasteiger partial charge on any atom is -0.433 e. The summed E-state index contributed by atoms with van der Waals surface area (Å²) in [4.78, 5) is 11.3. The van der Waals surface area contributed by atoms with Crippen LogP contribution in [0, 0.1) is 0 Å². The summed E-state index contributed by atoms with van der Waals surface area (Å²) in [6, 6.07) is 6.97. The summed E-state index contributed by atoms with van der Waals surface area (Å²) < 4.78 is 4.63. The maximum Gasteiger partial charge on any atom is 0.340 e. The molecule has 1 rings (SSSR count). The SMILES string of the molecule is CC=Cc1ccc(C(=O)OC(C)O)cc1. The van der Waals surface area contributed by atoms with Crippen LogP contribution in [0.3, 0.4) is 0 Å². The lowest BCUT2D eigenvalue weighted by Crippen LogP contribution is -2.13. The molecule has 0 saturated carbocycles. The van der Waals surface area contributed by atoms with Crippen LogP contribution in [-0.4, -0.2) is 17.4 Å². The van der Waals surface area contributed by atoms with Gasteiger partial charge >= 0.3 is 5.97 Å². The average Bonchev–Trinajstić information content (AvgIpc) is 2.18. The van der Waals surface area contributed by atoms with Crippen molar-refractivity contribution < 1.29 is 14.6 Å². The number of esters is 1. The van der Waals surface area contributed by atoms with Crippen molar-refractivity contribution >= 4 is 12.0 Å². The monoisotopic (exact) mass is 206 g/mol. The number of carbonyl (C=O) groups excluding carboxylic acids is 1. The van der Waals surface area contributed by atoms with Gasteiger partial charge in [-0.2, -0.15) is 0 Å². The number of aliphatic hydroxyl groups is 1. The normalized spacial score (nSPS) is 12.7. The van der Waals surface area contributed by atoms with Crippen molar-refractivity contribution in [3.63, 3.8) is 0 Å². The molecule has 1 N–H and O–H groups in total. The van der Waals surface area contributed by atoms with Crippen molar-refractivity contribution in [3.05, 3.63) is 41.5 Å². The first-order valence-corrected chi connectivity index (χ1v) is 4.75. The number of ether oxygens (including phenoxy) is 1. The van der Waals surface area contributed by atoms with Gasteiger partial charge in [0.25, 0.3) is 0 Å². The van der Waals surface area contributed by atoms with Gasteiger partial charge < -0.3 is 9.84 Å². The molecule has 0 aliphatic carbocycles. The van der Waals surface area contributed by atoms with E-state index in [1.807, 2.05) is 31.2 Å². The number of aliphatic hydroxyl groups excluding tert-OH is 1. The molecule has 0 amide bonds. The molecule has 0 spiro atoms. The van der Waals surface area contributed by atoms with E-state index in [0.29, 0.717) is 5.56 Å². The predicted octanol–water partition coefficient (Wildman–Crippen LogP) is 2.21. The third kappa shape index (κ3) is 3.56. The Morgan fingerprint density at radius 3 is 2.47 bits per heavy atom. The van der Waals surface area contributed by atoms with E-state index < -0.39 is 12.3 Å². The van der Waals surface area contributed by atoms with Crippen LogP contribution in [0.25, 0.3) is 6.08 Å². The lowest BCUT2D eigenvalue weighted by Gasteiger charge is -2.06. The van der Waals surface area contributed by atoms with Crippen LogP contribution >= 0.6 is 0 Å². The largest absolute Gasteiger partial charge is 0.433 e. The lowest BCUT2D eigenvalue weighted by molar-refractivity contribution is -0.0523. The van der Waals surface area contributed by atoms with Crippen LogP contribution in [0.2, 0.25) is 0 Å². The Balaban J connectivity index is 2.75. The molecule has 0 radical (unpaired) electrons. The second-order valence-electron chi connectivity index (χ2n) is 3.13. The summed E-state index contributed by atoms with van der Waals surface area (Å²) in [7, 11) is 0. The highest BCUT2D eigenvalue weighted by atomic mass is 16.6. The van der Waals surface area contributed by atoms with Gasteiger partial charge in [0.15, 0.2) is 6.29 Å². The van der Waals surface area contributed by atoms with E-state index in [-0.39, 0.29) is 0 Å². The fourth-order valence-corrected chi connectivity index (χ4v) is 1.15. The first-order valence-electron chi connectivity index (χ1n) is 4.75. The zero-order valence-electron chi connectivity index (χ0n) is 8.81. The summed E-state index contributed by atoms with van der Waals surface area (Å²) in [6.07, 6.45) is 2.78. The highest BCUT2D eigenvalue weighted by Gasteiger charge is 2.08. The van der Waals surface area contributed by atoms with Gasteiger partial charge in [-0.3, -0.25) is 0 Å². The molecule has 0 aromatic heterocycles. The van der Waals surface area contributed by atoms with Crippen LogP contribution in [-0.2, 0) is 4.74 Å². The number of carbonyl (C=O) groups is 1. The van der Waals surface area contributed by atoms with Crippen molar-refractivity contribution in [2.75, 3.05) is 0 Å². The molecule has 0 aliphatic rings. The summed E-state index contributed by atoms with van der Waals surface area (Å²) in [6.45, 7) is 3.32. The van der Waals surface area contributed by atoms with Crippen molar-refractivity contribution in [1.29, 1.82) is 0 Å². The lowest BCUT2D eigenvalue weighted by atomic mass is 10.1. The van der Waals surface area contributed by atoms with Crippen LogP contribution < -0.4 is 0 Å². The maximum atomic E-state index is 11.3. The Kier molecular flexibility index (Phi) is 4.06. The van der Waals surface area contributed by atoms with Gasteiger partial charge in [0.1, 0.15) is 0 Å². The molecule has 1 unspecified atom stereocenters. The molecular formula is C12H14O3. The minimum atomic E-state index is -1.08. The topological polar surface area (TPSA) is 46.5 Å². The molecule has 1 atom stereocenters. The van der Waals surface area contributed by atoms with Gasteiger partial charge in [0.2, 0.25) is 0 Å². The van der Waals surface area contributed by atoms with Crippen LogP contribution in [0.15, 0.2) is 30.3 Å². The van der Waals surface area contributed by atoms with Gasteiger partial charge in [-0.05, 0) is 31.5 Å². The smallest absolute Gasteiger partial charge is 0.340 e. The molecule has 0 bridgehead atoms. The van der Waals surface area contributed by atoms with Crippen molar-refractivity contribution in [1.82, 2.24) is 0 Å². The van der Waals surface area contributed by atoms with Crippen molar-refractivity contribution in [2.45, 2.75) is 20.1 Å². The second-order valence-corrected chi connectivity index (χ2v) is 3.13. The minimum absolute atomic E-state index is 0.434. The van der Waals surface area contributed by atoms with Crippen molar-refractivity contribution in [3.8, 4) is 0 Å². The van der Waals surface area contributed by atoms with E-state index in [4.69, 9.17) is 5.11 Å². The molecule has 1 aromatic rings. The zero-order valence-corrected chi connectivity index (χ0v) is 8.81. The van der Waals surface area contributed by atoms with Gasteiger partial charge in [0, 0.05) is 0 Å². The maximum absolute atomic E-state index is 11.3. The number of hydrogen-bond acceptors (Lipinski definition) is 3. The first kappa shape index (κ1) is 11.5. The Morgan fingerprint density at radius 2 is 2.00 bits per heavy atom. The summed E-state index contributed by atoms with van der Waals surface area (Å²) in [5.41, 5.74) is 1.45. The number of rotatable bonds is 3. The average molecular weight is 206 g/mol. The zero-order chi connectivity index (χ0) is 11.3. The fourth-order valence-electron chi connectivity index (χ4n) is 1.15. The van der Waals surface area contributed by atoms with Crippen LogP contribution in [0.1, 0.15) is 29.8 Å². The quantitative estimate of drug-likeness (QED) is 0.609. The molecule has 1 aromatic carbocycles. The highest BCUT2D eigenvalue weighted by Crippen LogP contribution is 2.08. The van der Waals surface area contributed by atoms with Crippen LogP contribution in [0.4, 0.5) is 0 Å². The molecule has 3 heteroatoms. The standard InChI is InChI=1S/C12H14O3/c1-3-4-10-5-7-11(8-6-10)12(14)15-9(2)13/h3-9,13H,1-2H3. The molecule has 15 heavy (non-hydrogen) atoms. The Hall–Kier alpha value is -1.61. The summed E-state index contributed by atoms with van der Waals surface area (Å²) in [5, 5.41) is 8.87. The van der Waals surface area contributed by atoms with Gasteiger partial charge in [0.05, 0.1) is 5.56 Å². The number of allylic oxidation sites excluding steroid dienone is 1. The third-order valence-corrected chi connectivity index (χ3v) is 1.78. The van der Waals surface area contributed by atoms with E-state index in [1.54, 1.807) is 12.1 Å². The van der Waals surface area contributed by atoms with Crippen LogP contribution in [0.5, 0.6) is 0 Å². The van der Waals surface area contributed by atoms with E-state index >= 15 is 0 Å². The molecular weight excluding hydrogens is 192 g/mol. The molecule has 80 valence electrons. The van der Waals surface area contributed by atoms with Gasteiger partial charge in [-0.15, -0.1) is 0 Å². The summed E-state index contributed by atoms with van der Waals surface area (Å²) >= 11 is 0. The molecule has 0 fully saturated rings. The Labute approximate surface area is 89.0 Å². The van der Waals surface area contributed by atoms with Gasteiger partial charge in [-0.1, -0.05) is 24.3 Å². The Bertz CT molecular complexity index is 350. The molecule has 0 heterocycles. The third-order valence-electron chi connectivity index (χ3n) is 1.78. The molecule has 0 saturated heterocycles. The van der Waals surface area contributed by atoms with E-state index in [9.17, 15) is 4.79 Å². The molecule has 3 nitrogen and oxygen atoms in total. The van der Waals surface area contributed by atoms with Gasteiger partial charge in [-0.25, -0.2) is 4.79 Å². The van der Waals surface area contributed by atoms with Crippen molar-refractivity contribution in [2.24, 2.45) is 0 Å². The van der Waals surface area contributed by atoms with E-state index in [1.165, 1.54) is 6.92 Å². The van der Waals surface area contributed by atoms with E-state index in [0.717, 1.165) is 5.56 Å². The summed E-state index contributed by atoms with van der Waals surface area (Å²) in [5.74, 6) is -0.517. The fraction of sp³-hybridized carbons (Fsp3) is 0.250. The molecule has 0 aliphatic heterocycles. The van der Waals surface area contributed by atoms with E-state index in [2.05, 4.69) is 4.74 Å². The predicted molar refractivity (Wildman–Crippen MR) is 58.2 cm³/mol. The second kappa shape index (κ2) is 5.32. The number of hydrogen-bond donors (Lipinski definition) is 1. The number of benzene rings is 1. The highest BCUT2D eigenvalue weighted by molar-refractivity contribution is 5.89. The Morgan fingerprint density at radius 1 is 1.40 bits per heavy atom. The first-order chi connectivity index (χ1) is 7.13.